The van der Waals surface area contributed by atoms with E-state index in [0.29, 0.717) is 44.2 Å². The largest absolute Gasteiger partial charge is 0.379 e. The fourth-order valence-corrected chi connectivity index (χ4v) is 6.76. The zero-order chi connectivity index (χ0) is 30.1. The molecule has 2 atom stereocenters. The minimum Gasteiger partial charge on any atom is -0.379 e. The zero-order valence-electron chi connectivity index (χ0n) is 25.4. The highest BCUT2D eigenvalue weighted by molar-refractivity contribution is 7.18. The number of carbonyl (C=O) groups excluding carboxylic acids is 3. The molecule has 3 N–H and O–H groups in total. The van der Waals surface area contributed by atoms with Gasteiger partial charge in [0.2, 0.25) is 17.7 Å². The maximum Gasteiger partial charge on any atom is 0.247 e. The Morgan fingerprint density at radius 2 is 1.86 bits per heavy atom. The van der Waals surface area contributed by atoms with Crippen LogP contribution in [0.15, 0.2) is 30.4 Å². The Bertz CT molecular complexity index is 1230. The third kappa shape index (κ3) is 9.09. The van der Waals surface area contributed by atoms with Gasteiger partial charge in [-0.1, -0.05) is 52.7 Å². The second kappa shape index (κ2) is 15.6. The van der Waals surface area contributed by atoms with Crippen molar-refractivity contribution in [3.63, 3.8) is 0 Å². The molecule has 0 radical (unpaired) electrons. The Morgan fingerprint density at radius 3 is 2.55 bits per heavy atom. The summed E-state index contributed by atoms with van der Waals surface area (Å²) in [5.41, 5.74) is 2.66. The molecule has 0 spiro atoms. The molecule has 9 nitrogen and oxygen atoms in total. The Balaban J connectivity index is 1.44. The van der Waals surface area contributed by atoms with Gasteiger partial charge < -0.3 is 20.7 Å². The van der Waals surface area contributed by atoms with Gasteiger partial charge in [-0.25, -0.2) is 4.98 Å². The summed E-state index contributed by atoms with van der Waals surface area (Å²) >= 11 is 1.57. The van der Waals surface area contributed by atoms with E-state index in [0.717, 1.165) is 54.0 Å². The topological polar surface area (TPSA) is 113 Å². The van der Waals surface area contributed by atoms with E-state index in [9.17, 15) is 14.4 Å². The number of nitrogens with one attached hydrogen (secondary N) is 3. The lowest BCUT2D eigenvalue weighted by Crippen LogP contribution is -2.55. The van der Waals surface area contributed by atoms with Gasteiger partial charge in [0.05, 0.1) is 28.4 Å². The fourth-order valence-electron chi connectivity index (χ4n) is 5.70. The van der Waals surface area contributed by atoms with Crippen molar-refractivity contribution >= 4 is 39.3 Å². The average Bonchev–Trinajstić information content (AvgIpc) is 3.41. The van der Waals surface area contributed by atoms with Crippen molar-refractivity contribution in [2.24, 2.45) is 5.92 Å². The van der Waals surface area contributed by atoms with E-state index in [4.69, 9.17) is 9.72 Å². The Morgan fingerprint density at radius 1 is 1.12 bits per heavy atom. The molecule has 4 rings (SSSR count). The summed E-state index contributed by atoms with van der Waals surface area (Å²) in [5, 5.41) is 9.99. The van der Waals surface area contributed by atoms with Gasteiger partial charge in [-0.3, -0.25) is 19.3 Å². The summed E-state index contributed by atoms with van der Waals surface area (Å²) in [4.78, 5) is 46.1. The quantitative estimate of drug-likeness (QED) is 0.302. The van der Waals surface area contributed by atoms with Crippen molar-refractivity contribution in [1.82, 2.24) is 25.8 Å². The summed E-state index contributed by atoms with van der Waals surface area (Å²) in [5.74, 6) is 0.0600. The van der Waals surface area contributed by atoms with Gasteiger partial charge in [0, 0.05) is 50.6 Å². The fraction of sp³-hybridized carbons (Fsp3) is 0.625. The van der Waals surface area contributed by atoms with E-state index in [1.165, 1.54) is 12.0 Å². The van der Waals surface area contributed by atoms with E-state index in [1.54, 1.807) is 18.3 Å². The van der Waals surface area contributed by atoms with E-state index < -0.39 is 6.04 Å². The molecule has 1 saturated carbocycles. The Labute approximate surface area is 253 Å². The van der Waals surface area contributed by atoms with Crippen molar-refractivity contribution in [2.75, 3.05) is 39.4 Å². The molecular formula is C32H47N5O4S. The highest BCUT2D eigenvalue weighted by atomic mass is 32.1. The molecule has 1 aromatic heterocycles. The zero-order valence-corrected chi connectivity index (χ0v) is 26.2. The molecule has 1 aromatic carbocycles. The number of hydrogen-bond acceptors (Lipinski definition) is 7. The second-order valence-electron chi connectivity index (χ2n) is 11.9. The van der Waals surface area contributed by atoms with E-state index in [1.807, 2.05) is 6.07 Å². The minimum absolute atomic E-state index is 0.180. The van der Waals surface area contributed by atoms with Gasteiger partial charge in [-0.2, -0.15) is 0 Å². The first-order chi connectivity index (χ1) is 20.2. The standard InChI is InChI=1S/C32H47N5O4S/c1-5-29(38)34-26(18-30-35-25-12-11-24(21(2)3)17-28(25)42-30)32(40)36-27(23-9-7-6-8-10-23)19-33-31(39)22(4)20-37-13-15-41-16-14-37/h11-12,17,21,23,26-27H,4-10,13-16,18-20H2,1-3H3,(H,33,39)(H,34,38)(H,36,40)/t26-,27+/m0/s1. The maximum atomic E-state index is 13.8. The molecule has 230 valence electrons. The van der Waals surface area contributed by atoms with Crippen molar-refractivity contribution < 1.29 is 19.1 Å². The summed E-state index contributed by atoms with van der Waals surface area (Å²) in [6.07, 6.45) is 5.99. The van der Waals surface area contributed by atoms with Crippen molar-refractivity contribution in [3.8, 4) is 0 Å². The molecular weight excluding hydrogens is 550 g/mol. The maximum absolute atomic E-state index is 13.8. The summed E-state index contributed by atoms with van der Waals surface area (Å²) in [6.45, 7) is 13.8. The summed E-state index contributed by atoms with van der Waals surface area (Å²) in [6, 6.07) is 5.30. The normalized spacial score (nSPS) is 18.0. The summed E-state index contributed by atoms with van der Waals surface area (Å²) in [7, 11) is 0. The van der Waals surface area contributed by atoms with Crippen LogP contribution in [0.1, 0.15) is 75.8 Å². The molecule has 10 heteroatoms. The van der Waals surface area contributed by atoms with E-state index in [2.05, 4.69) is 53.4 Å². The van der Waals surface area contributed by atoms with Crippen LogP contribution in [-0.2, 0) is 25.5 Å². The molecule has 2 aromatic rings. The van der Waals surface area contributed by atoms with E-state index >= 15 is 0 Å². The number of aromatic nitrogens is 1. The second-order valence-corrected chi connectivity index (χ2v) is 13.0. The van der Waals surface area contributed by atoms with Crippen LogP contribution in [-0.4, -0.2) is 79.1 Å². The first-order valence-corrected chi connectivity index (χ1v) is 16.3. The van der Waals surface area contributed by atoms with Crippen LogP contribution in [0, 0.1) is 5.92 Å². The molecule has 1 aliphatic carbocycles. The van der Waals surface area contributed by atoms with Gasteiger partial charge in [-0.15, -0.1) is 11.3 Å². The van der Waals surface area contributed by atoms with Crippen LogP contribution in [0.25, 0.3) is 10.2 Å². The van der Waals surface area contributed by atoms with Gasteiger partial charge in [0.25, 0.3) is 0 Å². The molecule has 2 heterocycles. The first-order valence-electron chi connectivity index (χ1n) is 15.5. The molecule has 2 fully saturated rings. The van der Waals surface area contributed by atoms with Crippen LogP contribution in [0.2, 0.25) is 0 Å². The number of nitrogens with zero attached hydrogens (tertiary/aromatic N) is 2. The van der Waals surface area contributed by atoms with Crippen LogP contribution in [0.5, 0.6) is 0 Å². The highest BCUT2D eigenvalue weighted by Gasteiger charge is 2.30. The number of carbonyl (C=O) groups is 3. The third-order valence-electron chi connectivity index (χ3n) is 8.34. The van der Waals surface area contributed by atoms with Crippen LogP contribution in [0.4, 0.5) is 0 Å². The molecule has 1 saturated heterocycles. The number of rotatable bonds is 13. The molecule has 0 unspecified atom stereocenters. The van der Waals surface area contributed by atoms with Crippen molar-refractivity contribution in [3.05, 3.63) is 40.9 Å². The predicted octanol–water partition coefficient (Wildman–Crippen LogP) is 3.93. The Hall–Kier alpha value is -2.82. The number of fused-ring (bicyclic) bond motifs is 1. The smallest absolute Gasteiger partial charge is 0.247 e. The minimum atomic E-state index is -0.749. The van der Waals surface area contributed by atoms with E-state index in [-0.39, 0.29) is 36.1 Å². The van der Waals surface area contributed by atoms with Crippen LogP contribution in [0.3, 0.4) is 0 Å². The van der Waals surface area contributed by atoms with Gasteiger partial charge >= 0.3 is 0 Å². The van der Waals surface area contributed by atoms with Gasteiger partial charge in [0.15, 0.2) is 0 Å². The number of thiazole rings is 1. The van der Waals surface area contributed by atoms with Crippen molar-refractivity contribution in [1.29, 1.82) is 0 Å². The average molecular weight is 598 g/mol. The molecule has 3 amide bonds. The van der Waals surface area contributed by atoms with Crippen LogP contribution >= 0.6 is 11.3 Å². The lowest BCUT2D eigenvalue weighted by molar-refractivity contribution is -0.129. The first kappa shape index (κ1) is 32.1. The highest BCUT2D eigenvalue weighted by Crippen LogP contribution is 2.28. The third-order valence-corrected chi connectivity index (χ3v) is 9.38. The number of ether oxygens (including phenoxy) is 1. The Kier molecular flexibility index (Phi) is 11.9. The van der Waals surface area contributed by atoms with Gasteiger partial charge in [0.1, 0.15) is 6.04 Å². The number of morpholine rings is 1. The monoisotopic (exact) mass is 597 g/mol. The van der Waals surface area contributed by atoms with Gasteiger partial charge in [-0.05, 0) is 42.4 Å². The number of benzene rings is 1. The molecule has 0 bridgehead atoms. The summed E-state index contributed by atoms with van der Waals surface area (Å²) < 4.78 is 6.48. The lowest BCUT2D eigenvalue weighted by Gasteiger charge is -2.32. The molecule has 2 aliphatic rings. The number of hydrogen-bond donors (Lipinski definition) is 3. The predicted molar refractivity (Wildman–Crippen MR) is 168 cm³/mol. The number of amides is 3. The molecule has 42 heavy (non-hydrogen) atoms. The van der Waals surface area contributed by atoms with Crippen molar-refractivity contribution in [2.45, 2.75) is 83.7 Å². The molecule has 1 aliphatic heterocycles. The van der Waals surface area contributed by atoms with Crippen LogP contribution < -0.4 is 16.0 Å². The lowest BCUT2D eigenvalue weighted by atomic mass is 9.83. The SMILES string of the molecule is C=C(CN1CCOCC1)C(=O)NC[C@@H](NC(=O)[C@H](Cc1nc2ccc(C(C)C)cc2s1)NC(=O)CC)C1CCCCC1.